The average Bonchev–Trinajstić information content (AvgIpc) is 3.11. The van der Waals surface area contributed by atoms with Gasteiger partial charge in [-0.1, -0.05) is 12.1 Å². The Morgan fingerprint density at radius 3 is 2.47 bits per heavy atom. The maximum Gasteiger partial charge on any atom is 0.243 e. The molecule has 2 aliphatic heterocycles. The van der Waals surface area contributed by atoms with Crippen LogP contribution in [0.4, 0.5) is 17.8 Å². The summed E-state index contributed by atoms with van der Waals surface area (Å²) in [5.74, 6) is 2.08. The number of fused-ring (bicyclic) bond motifs is 1. The summed E-state index contributed by atoms with van der Waals surface area (Å²) in [6.07, 6.45) is 0.0879. The number of ether oxygens (including phenoxy) is 2. The SMILES string of the molecule is C[C@H]1OCCN(c2nc(N3CCOCC3)nc(-n3c(N)nc4ccccc43)n2)[C@H]1C. The number of morpholine rings is 2. The summed E-state index contributed by atoms with van der Waals surface area (Å²) in [4.78, 5) is 23.2. The minimum Gasteiger partial charge on any atom is -0.378 e. The summed E-state index contributed by atoms with van der Waals surface area (Å²) in [6.45, 7) is 8.32. The molecular formula is C20H26N8O2. The molecule has 10 nitrogen and oxygen atoms in total. The second-order valence-electron chi connectivity index (χ2n) is 7.64. The van der Waals surface area contributed by atoms with Crippen LogP contribution >= 0.6 is 0 Å². The summed E-state index contributed by atoms with van der Waals surface area (Å²) in [6, 6.07) is 7.93. The summed E-state index contributed by atoms with van der Waals surface area (Å²) in [7, 11) is 0. The van der Waals surface area contributed by atoms with E-state index in [1.807, 2.05) is 24.3 Å². The van der Waals surface area contributed by atoms with Gasteiger partial charge in [-0.3, -0.25) is 0 Å². The molecule has 0 saturated carbocycles. The number of rotatable bonds is 3. The first-order valence-corrected chi connectivity index (χ1v) is 10.3. The molecule has 4 heterocycles. The van der Waals surface area contributed by atoms with Crippen molar-refractivity contribution in [2.75, 3.05) is 55.0 Å². The van der Waals surface area contributed by atoms with Crippen LogP contribution in [0.2, 0.25) is 0 Å². The van der Waals surface area contributed by atoms with Crippen molar-refractivity contribution in [3.63, 3.8) is 0 Å². The quantitative estimate of drug-likeness (QED) is 0.682. The highest BCUT2D eigenvalue weighted by molar-refractivity contribution is 5.80. The van der Waals surface area contributed by atoms with Crippen molar-refractivity contribution >= 4 is 28.9 Å². The molecule has 0 aliphatic carbocycles. The Labute approximate surface area is 174 Å². The van der Waals surface area contributed by atoms with Gasteiger partial charge in [0.15, 0.2) is 0 Å². The minimum absolute atomic E-state index is 0.0879. The number of hydrogen-bond acceptors (Lipinski definition) is 9. The van der Waals surface area contributed by atoms with Crippen molar-refractivity contribution in [2.24, 2.45) is 0 Å². The number of nitrogen functional groups attached to an aromatic ring is 1. The number of nitrogens with zero attached hydrogens (tertiary/aromatic N) is 7. The van der Waals surface area contributed by atoms with Crippen molar-refractivity contribution in [1.82, 2.24) is 24.5 Å². The molecule has 2 atom stereocenters. The van der Waals surface area contributed by atoms with Crippen LogP contribution in [-0.2, 0) is 9.47 Å². The monoisotopic (exact) mass is 410 g/mol. The number of anilines is 3. The summed E-state index contributed by atoms with van der Waals surface area (Å²) in [5.41, 5.74) is 7.94. The molecule has 10 heteroatoms. The van der Waals surface area contributed by atoms with Gasteiger partial charge in [0, 0.05) is 19.6 Å². The fourth-order valence-electron chi connectivity index (χ4n) is 3.95. The van der Waals surface area contributed by atoms with Crippen LogP contribution in [0.25, 0.3) is 17.0 Å². The van der Waals surface area contributed by atoms with Crippen molar-refractivity contribution in [3.05, 3.63) is 24.3 Å². The number of benzene rings is 1. The standard InChI is InChI=1S/C20H26N8O2/c1-13-14(2)30-12-9-27(13)19-23-18(26-7-10-29-11-8-26)24-20(25-19)28-16-6-4-3-5-15(16)22-17(28)21/h3-6,13-14H,7-12H2,1-2H3,(H2,21,22)/t13-,14+/m0/s1. The van der Waals surface area contributed by atoms with Gasteiger partial charge in [0.05, 0.1) is 43.0 Å². The van der Waals surface area contributed by atoms with Gasteiger partial charge in [-0.15, -0.1) is 0 Å². The van der Waals surface area contributed by atoms with E-state index in [4.69, 9.17) is 30.2 Å². The largest absolute Gasteiger partial charge is 0.378 e. The van der Waals surface area contributed by atoms with Crippen LogP contribution in [0.15, 0.2) is 24.3 Å². The number of hydrogen-bond donors (Lipinski definition) is 1. The van der Waals surface area contributed by atoms with Crippen LogP contribution < -0.4 is 15.5 Å². The maximum absolute atomic E-state index is 6.28. The second-order valence-corrected chi connectivity index (χ2v) is 7.64. The lowest BCUT2D eigenvalue weighted by molar-refractivity contribution is 0.0277. The first kappa shape index (κ1) is 19.0. The Bertz CT molecular complexity index is 1050. The van der Waals surface area contributed by atoms with Gasteiger partial charge in [-0.25, -0.2) is 9.55 Å². The normalized spacial score (nSPS) is 22.6. The summed E-state index contributed by atoms with van der Waals surface area (Å²) in [5, 5.41) is 0. The molecule has 2 aromatic heterocycles. The molecule has 5 rings (SSSR count). The topological polar surface area (TPSA) is 107 Å². The average molecular weight is 410 g/mol. The zero-order chi connectivity index (χ0) is 20.7. The lowest BCUT2D eigenvalue weighted by atomic mass is 10.1. The predicted molar refractivity (Wildman–Crippen MR) is 114 cm³/mol. The van der Waals surface area contributed by atoms with Gasteiger partial charge in [0.2, 0.25) is 23.8 Å². The minimum atomic E-state index is 0.0879. The molecular weight excluding hydrogens is 384 g/mol. The van der Waals surface area contributed by atoms with E-state index in [-0.39, 0.29) is 12.1 Å². The molecule has 2 saturated heterocycles. The highest BCUT2D eigenvalue weighted by Gasteiger charge is 2.29. The van der Waals surface area contributed by atoms with Gasteiger partial charge >= 0.3 is 0 Å². The highest BCUT2D eigenvalue weighted by atomic mass is 16.5. The van der Waals surface area contributed by atoms with Crippen molar-refractivity contribution < 1.29 is 9.47 Å². The molecule has 1 aromatic carbocycles. The van der Waals surface area contributed by atoms with Gasteiger partial charge in [-0.2, -0.15) is 15.0 Å². The summed E-state index contributed by atoms with van der Waals surface area (Å²) >= 11 is 0. The number of aromatic nitrogens is 5. The van der Waals surface area contributed by atoms with E-state index in [0.717, 1.165) is 30.7 Å². The molecule has 3 aromatic rings. The third-order valence-corrected chi connectivity index (χ3v) is 5.82. The van der Waals surface area contributed by atoms with Gasteiger partial charge < -0.3 is 25.0 Å². The number of nitrogens with two attached hydrogens (primary N) is 1. The van der Waals surface area contributed by atoms with E-state index < -0.39 is 0 Å². The lowest BCUT2D eigenvalue weighted by Crippen LogP contribution is -2.49. The maximum atomic E-state index is 6.28. The van der Waals surface area contributed by atoms with Crippen LogP contribution in [0.3, 0.4) is 0 Å². The van der Waals surface area contributed by atoms with E-state index in [0.29, 0.717) is 43.6 Å². The van der Waals surface area contributed by atoms with Crippen LogP contribution in [0, 0.1) is 0 Å². The summed E-state index contributed by atoms with van der Waals surface area (Å²) < 4.78 is 13.1. The van der Waals surface area contributed by atoms with Gasteiger partial charge in [0.1, 0.15) is 0 Å². The third-order valence-electron chi connectivity index (χ3n) is 5.82. The molecule has 0 amide bonds. The van der Waals surface area contributed by atoms with Crippen molar-refractivity contribution in [3.8, 4) is 5.95 Å². The first-order chi connectivity index (χ1) is 14.6. The lowest BCUT2D eigenvalue weighted by Gasteiger charge is -2.38. The Balaban J connectivity index is 1.65. The molecule has 30 heavy (non-hydrogen) atoms. The van der Waals surface area contributed by atoms with E-state index in [1.54, 1.807) is 4.57 Å². The van der Waals surface area contributed by atoms with E-state index in [2.05, 4.69) is 28.6 Å². The van der Waals surface area contributed by atoms with Crippen LogP contribution in [0.1, 0.15) is 13.8 Å². The fourth-order valence-corrected chi connectivity index (χ4v) is 3.95. The Kier molecular flexibility index (Phi) is 4.87. The predicted octanol–water partition coefficient (Wildman–Crippen LogP) is 1.24. The third kappa shape index (κ3) is 3.31. The van der Waals surface area contributed by atoms with E-state index in [9.17, 15) is 0 Å². The first-order valence-electron chi connectivity index (χ1n) is 10.3. The van der Waals surface area contributed by atoms with Gasteiger partial charge in [0.25, 0.3) is 0 Å². The number of imidazole rings is 1. The van der Waals surface area contributed by atoms with Crippen molar-refractivity contribution in [1.29, 1.82) is 0 Å². The zero-order valence-electron chi connectivity index (χ0n) is 17.2. The van der Waals surface area contributed by atoms with E-state index in [1.165, 1.54) is 0 Å². The van der Waals surface area contributed by atoms with E-state index >= 15 is 0 Å². The fraction of sp³-hybridized carbons (Fsp3) is 0.500. The molecule has 158 valence electrons. The van der Waals surface area contributed by atoms with Crippen LogP contribution in [-0.4, -0.2) is 76.1 Å². The zero-order valence-corrected chi connectivity index (χ0v) is 17.2. The Hall–Kier alpha value is -2.98. The smallest absolute Gasteiger partial charge is 0.243 e. The molecule has 0 bridgehead atoms. The second kappa shape index (κ2) is 7.69. The Morgan fingerprint density at radius 1 is 0.900 bits per heavy atom. The molecule has 0 radical (unpaired) electrons. The molecule has 2 aliphatic rings. The molecule has 2 N–H and O–H groups in total. The molecule has 2 fully saturated rings. The van der Waals surface area contributed by atoms with Crippen LogP contribution in [0.5, 0.6) is 0 Å². The number of para-hydroxylation sites is 2. The van der Waals surface area contributed by atoms with Gasteiger partial charge in [-0.05, 0) is 26.0 Å². The highest BCUT2D eigenvalue weighted by Crippen LogP contribution is 2.26. The van der Waals surface area contributed by atoms with Crippen molar-refractivity contribution in [2.45, 2.75) is 26.0 Å². The molecule has 0 spiro atoms. The Morgan fingerprint density at radius 2 is 1.63 bits per heavy atom. The molecule has 0 unspecified atom stereocenters.